The van der Waals surface area contributed by atoms with Crippen molar-refractivity contribution in [2.75, 3.05) is 45.9 Å². The van der Waals surface area contributed by atoms with Crippen LogP contribution in [0.1, 0.15) is 30.0 Å². The molecule has 1 aromatic carbocycles. The van der Waals surface area contributed by atoms with Crippen molar-refractivity contribution >= 4 is 30.7 Å². The van der Waals surface area contributed by atoms with Crippen molar-refractivity contribution in [3.8, 4) is 0 Å². The highest BCUT2D eigenvalue weighted by Gasteiger charge is 2.25. The van der Waals surface area contributed by atoms with Crippen LogP contribution in [0.4, 0.5) is 0 Å². The van der Waals surface area contributed by atoms with E-state index in [0.29, 0.717) is 6.54 Å². The number of halogens is 2. The van der Waals surface area contributed by atoms with Gasteiger partial charge in [-0.05, 0) is 31.9 Å². The molecule has 2 aliphatic rings. The number of aryl methyl sites for hydroxylation is 1. The van der Waals surface area contributed by atoms with Crippen LogP contribution in [0.3, 0.4) is 0 Å². The Morgan fingerprint density at radius 2 is 2.12 bits per heavy atom. The van der Waals surface area contributed by atoms with E-state index in [1.54, 1.807) is 0 Å². The minimum absolute atomic E-state index is 0. The van der Waals surface area contributed by atoms with Gasteiger partial charge in [-0.25, -0.2) is 0 Å². The zero-order chi connectivity index (χ0) is 16.8. The molecule has 3 rings (SSSR count). The lowest BCUT2D eigenvalue weighted by Crippen LogP contribution is -2.46. The number of hydrogen-bond donors (Lipinski definition) is 2. The van der Waals surface area contributed by atoms with E-state index in [1.165, 1.54) is 11.1 Å². The number of amides is 1. The van der Waals surface area contributed by atoms with E-state index in [9.17, 15) is 4.79 Å². The minimum Gasteiger partial charge on any atom is -0.379 e. The van der Waals surface area contributed by atoms with Gasteiger partial charge >= 0.3 is 0 Å². The molecule has 2 heterocycles. The van der Waals surface area contributed by atoms with E-state index < -0.39 is 0 Å². The summed E-state index contributed by atoms with van der Waals surface area (Å²) in [5.41, 5.74) is 2.53. The maximum absolute atomic E-state index is 12.5. The smallest absolute Gasteiger partial charge is 0.224 e. The third-order valence-corrected chi connectivity index (χ3v) is 5.05. The lowest BCUT2D eigenvalue weighted by atomic mass is 9.98. The number of ether oxygens (including phenoxy) is 1. The summed E-state index contributed by atoms with van der Waals surface area (Å²) in [5, 5.41) is 6.52. The molecule has 2 N–H and O–H groups in total. The van der Waals surface area contributed by atoms with Gasteiger partial charge < -0.3 is 15.4 Å². The molecule has 7 heteroatoms. The standard InChI is InChI=1S/C19H29N3O2.2ClH/c1-15-4-2-5-16(12-15)18(22-8-10-24-11-9-22)14-21-19(23)17-6-3-7-20-13-17;;/h2,4-5,12,17-18,20H,3,6-11,13-14H2,1H3,(H,21,23);2*1H. The van der Waals surface area contributed by atoms with E-state index in [0.717, 1.165) is 52.2 Å². The summed E-state index contributed by atoms with van der Waals surface area (Å²) in [6.45, 7) is 7.98. The Hall–Kier alpha value is -0.850. The summed E-state index contributed by atoms with van der Waals surface area (Å²) in [7, 11) is 0. The molecule has 148 valence electrons. The molecule has 2 atom stereocenters. The van der Waals surface area contributed by atoms with Crippen LogP contribution < -0.4 is 10.6 Å². The summed E-state index contributed by atoms with van der Waals surface area (Å²) in [5.74, 6) is 0.301. The monoisotopic (exact) mass is 403 g/mol. The number of piperidine rings is 1. The molecule has 0 aromatic heterocycles. The number of nitrogens with one attached hydrogen (secondary N) is 2. The fourth-order valence-electron chi connectivity index (χ4n) is 3.64. The molecule has 2 saturated heterocycles. The lowest BCUT2D eigenvalue weighted by molar-refractivity contribution is -0.125. The second kappa shape index (κ2) is 11.8. The van der Waals surface area contributed by atoms with Gasteiger partial charge in [-0.15, -0.1) is 24.8 Å². The summed E-state index contributed by atoms with van der Waals surface area (Å²) >= 11 is 0. The fraction of sp³-hybridized carbons (Fsp3) is 0.632. The van der Waals surface area contributed by atoms with Crippen molar-refractivity contribution in [3.63, 3.8) is 0 Å². The third kappa shape index (κ3) is 6.39. The zero-order valence-corrected chi connectivity index (χ0v) is 17.0. The normalized spacial score (nSPS) is 21.8. The molecule has 26 heavy (non-hydrogen) atoms. The molecule has 0 aliphatic carbocycles. The van der Waals surface area contributed by atoms with E-state index in [2.05, 4.69) is 46.7 Å². The first-order valence-corrected chi connectivity index (χ1v) is 9.11. The second-order valence-corrected chi connectivity index (χ2v) is 6.87. The van der Waals surface area contributed by atoms with E-state index >= 15 is 0 Å². The molecule has 1 amide bonds. The first-order valence-electron chi connectivity index (χ1n) is 9.11. The van der Waals surface area contributed by atoms with Gasteiger partial charge in [0.15, 0.2) is 0 Å². The van der Waals surface area contributed by atoms with Gasteiger partial charge in [-0.2, -0.15) is 0 Å². The molecule has 0 spiro atoms. The van der Waals surface area contributed by atoms with E-state index in [4.69, 9.17) is 4.74 Å². The number of carbonyl (C=O) groups excluding carboxylic acids is 1. The number of hydrogen-bond acceptors (Lipinski definition) is 4. The highest BCUT2D eigenvalue weighted by atomic mass is 35.5. The van der Waals surface area contributed by atoms with Crippen molar-refractivity contribution < 1.29 is 9.53 Å². The van der Waals surface area contributed by atoms with Crippen molar-refractivity contribution in [1.82, 2.24) is 15.5 Å². The summed E-state index contributed by atoms with van der Waals surface area (Å²) in [4.78, 5) is 14.9. The van der Waals surface area contributed by atoms with Crippen molar-refractivity contribution in [3.05, 3.63) is 35.4 Å². The molecule has 0 radical (unpaired) electrons. The predicted octanol–water partition coefficient (Wildman–Crippen LogP) is 2.33. The van der Waals surface area contributed by atoms with Gasteiger partial charge in [0.05, 0.1) is 25.2 Å². The first-order chi connectivity index (χ1) is 11.7. The van der Waals surface area contributed by atoms with E-state index in [1.807, 2.05) is 0 Å². The number of morpholine rings is 1. The van der Waals surface area contributed by atoms with Crippen LogP contribution in [-0.2, 0) is 9.53 Å². The number of nitrogens with zero attached hydrogens (tertiary/aromatic N) is 1. The third-order valence-electron chi connectivity index (χ3n) is 5.05. The maximum Gasteiger partial charge on any atom is 0.224 e. The SMILES string of the molecule is Cc1cccc(C(CNC(=O)C2CCCNC2)N2CCOCC2)c1.Cl.Cl. The summed E-state index contributed by atoms with van der Waals surface area (Å²) in [6, 6.07) is 8.84. The van der Waals surface area contributed by atoms with Gasteiger partial charge in [0.1, 0.15) is 0 Å². The molecule has 2 unspecified atom stereocenters. The van der Waals surface area contributed by atoms with Gasteiger partial charge in [0, 0.05) is 26.2 Å². The van der Waals surface area contributed by atoms with Crippen molar-refractivity contribution in [1.29, 1.82) is 0 Å². The zero-order valence-electron chi connectivity index (χ0n) is 15.4. The topological polar surface area (TPSA) is 53.6 Å². The van der Waals surface area contributed by atoms with Crippen LogP contribution in [0.25, 0.3) is 0 Å². The molecular formula is C19H31Cl2N3O2. The molecule has 0 bridgehead atoms. The largest absolute Gasteiger partial charge is 0.379 e. The fourth-order valence-corrected chi connectivity index (χ4v) is 3.64. The Morgan fingerprint density at radius 1 is 1.35 bits per heavy atom. The Labute approximate surface area is 169 Å². The minimum atomic E-state index is 0. The van der Waals surface area contributed by atoms with Crippen LogP contribution in [0.2, 0.25) is 0 Å². The summed E-state index contributed by atoms with van der Waals surface area (Å²) < 4.78 is 5.49. The van der Waals surface area contributed by atoms with Crippen molar-refractivity contribution in [2.24, 2.45) is 5.92 Å². The van der Waals surface area contributed by atoms with Crippen LogP contribution in [0.15, 0.2) is 24.3 Å². The Bertz CT molecular complexity index is 547. The molecular weight excluding hydrogens is 373 g/mol. The quantitative estimate of drug-likeness (QED) is 0.791. The highest BCUT2D eigenvalue weighted by Crippen LogP contribution is 2.22. The van der Waals surface area contributed by atoms with Gasteiger partial charge in [0.2, 0.25) is 5.91 Å². The molecule has 1 aromatic rings. The Morgan fingerprint density at radius 3 is 2.77 bits per heavy atom. The van der Waals surface area contributed by atoms with Gasteiger partial charge in [0.25, 0.3) is 0 Å². The molecule has 5 nitrogen and oxygen atoms in total. The van der Waals surface area contributed by atoms with Gasteiger partial charge in [-0.3, -0.25) is 9.69 Å². The average Bonchev–Trinajstić information content (AvgIpc) is 2.63. The predicted molar refractivity (Wildman–Crippen MR) is 109 cm³/mol. The number of rotatable bonds is 5. The molecule has 0 saturated carbocycles. The van der Waals surface area contributed by atoms with E-state index in [-0.39, 0.29) is 42.7 Å². The van der Waals surface area contributed by atoms with Gasteiger partial charge in [-0.1, -0.05) is 29.8 Å². The first kappa shape index (κ1) is 23.2. The molecule has 2 fully saturated rings. The van der Waals surface area contributed by atoms with Crippen LogP contribution in [0, 0.1) is 12.8 Å². The average molecular weight is 404 g/mol. The highest BCUT2D eigenvalue weighted by molar-refractivity contribution is 5.85. The Kier molecular flexibility index (Phi) is 10.5. The number of benzene rings is 1. The number of carbonyl (C=O) groups is 1. The van der Waals surface area contributed by atoms with Crippen molar-refractivity contribution in [2.45, 2.75) is 25.8 Å². The summed E-state index contributed by atoms with van der Waals surface area (Å²) in [6.07, 6.45) is 2.08. The maximum atomic E-state index is 12.5. The van der Waals surface area contributed by atoms with Crippen LogP contribution >= 0.6 is 24.8 Å². The van der Waals surface area contributed by atoms with Crippen LogP contribution in [0.5, 0.6) is 0 Å². The second-order valence-electron chi connectivity index (χ2n) is 6.87. The van der Waals surface area contributed by atoms with Crippen LogP contribution in [-0.4, -0.2) is 56.7 Å². The Balaban J connectivity index is 0.00000169. The lowest BCUT2D eigenvalue weighted by Gasteiger charge is -2.35. The molecule has 2 aliphatic heterocycles.